The van der Waals surface area contributed by atoms with Crippen molar-refractivity contribution in [3.05, 3.63) is 71.8 Å². The third kappa shape index (κ3) is 7.01. The van der Waals surface area contributed by atoms with Crippen LogP contribution in [0.3, 0.4) is 0 Å². The van der Waals surface area contributed by atoms with Gasteiger partial charge in [-0.2, -0.15) is 0 Å². The van der Waals surface area contributed by atoms with Crippen molar-refractivity contribution in [1.29, 1.82) is 0 Å². The van der Waals surface area contributed by atoms with Crippen LogP contribution in [0.5, 0.6) is 5.75 Å². The summed E-state index contributed by atoms with van der Waals surface area (Å²) in [6.45, 7) is 7.87. The van der Waals surface area contributed by atoms with Gasteiger partial charge in [0.05, 0.1) is 13.0 Å². The number of hydrogen-bond donors (Lipinski definition) is 1. The molecule has 37 heavy (non-hydrogen) atoms. The maximum Gasteiger partial charge on any atom is 0.310 e. The number of anilines is 1. The number of nitrogens with one attached hydrogen (secondary N) is 1. The van der Waals surface area contributed by atoms with Gasteiger partial charge in [-0.15, -0.1) is 0 Å². The molecule has 0 saturated carbocycles. The van der Waals surface area contributed by atoms with E-state index in [2.05, 4.69) is 59.6 Å². The molecule has 196 valence electrons. The van der Waals surface area contributed by atoms with Gasteiger partial charge in [-0.25, -0.2) is 0 Å². The van der Waals surface area contributed by atoms with Crippen molar-refractivity contribution >= 4 is 28.4 Å². The molecule has 1 aliphatic rings. The van der Waals surface area contributed by atoms with Gasteiger partial charge in [-0.05, 0) is 42.7 Å². The summed E-state index contributed by atoms with van der Waals surface area (Å²) in [7, 11) is 0. The maximum absolute atomic E-state index is 12.1. The Morgan fingerprint density at radius 1 is 1.05 bits per heavy atom. The summed E-state index contributed by atoms with van der Waals surface area (Å²) in [5.74, 6) is -0.0383. The summed E-state index contributed by atoms with van der Waals surface area (Å²) in [6, 6.07) is 21.5. The first-order valence-electron chi connectivity index (χ1n) is 13.0. The van der Waals surface area contributed by atoms with E-state index in [0.717, 1.165) is 30.8 Å². The first-order chi connectivity index (χ1) is 17.9. The fraction of sp³-hybridized carbons (Fsp3) is 0.400. The van der Waals surface area contributed by atoms with Crippen LogP contribution in [0, 0.1) is 0 Å². The van der Waals surface area contributed by atoms with Crippen LogP contribution in [-0.2, 0) is 25.5 Å². The van der Waals surface area contributed by atoms with Gasteiger partial charge >= 0.3 is 11.9 Å². The number of ether oxygens (including phenoxy) is 3. The van der Waals surface area contributed by atoms with Crippen LogP contribution < -0.4 is 15.0 Å². The summed E-state index contributed by atoms with van der Waals surface area (Å²) in [5.41, 5.74) is 3.10. The van der Waals surface area contributed by atoms with Crippen LogP contribution >= 0.6 is 0 Å². The lowest BCUT2D eigenvalue weighted by Gasteiger charge is -2.23. The molecule has 0 aliphatic carbocycles. The molecule has 4 rings (SSSR count). The molecule has 3 aromatic rings. The standard InChI is InChI=1S/C30H36N2O5/c1-4-35-30(34)18-24-12-13-26(19-29(24)37-17-16-36-22(3)33)32-15-14-25(20-32)31-21(2)27-11-7-9-23-8-5-6-10-28(23)27/h5-13,19,21,25,31H,4,14-18,20H2,1-3H3/t21-,25+/m1/s1. The summed E-state index contributed by atoms with van der Waals surface area (Å²) in [5, 5.41) is 6.36. The first-order valence-corrected chi connectivity index (χ1v) is 13.0. The number of esters is 2. The smallest absolute Gasteiger partial charge is 0.310 e. The quantitative estimate of drug-likeness (QED) is 0.296. The molecule has 0 aromatic heterocycles. The van der Waals surface area contributed by atoms with E-state index in [4.69, 9.17) is 14.2 Å². The molecule has 3 aromatic carbocycles. The van der Waals surface area contributed by atoms with Crippen molar-refractivity contribution in [2.24, 2.45) is 0 Å². The molecule has 7 heteroatoms. The van der Waals surface area contributed by atoms with Gasteiger partial charge in [0.2, 0.25) is 0 Å². The second kappa shape index (κ2) is 12.6. The highest BCUT2D eigenvalue weighted by Gasteiger charge is 2.25. The highest BCUT2D eigenvalue weighted by Crippen LogP contribution is 2.30. The molecule has 0 bridgehead atoms. The van der Waals surface area contributed by atoms with Crippen molar-refractivity contribution in [2.75, 3.05) is 37.8 Å². The number of carbonyl (C=O) groups is 2. The minimum absolute atomic E-state index is 0.129. The van der Waals surface area contributed by atoms with Gasteiger partial charge in [-0.1, -0.05) is 48.5 Å². The summed E-state index contributed by atoms with van der Waals surface area (Å²) in [6.07, 6.45) is 1.16. The Kier molecular flexibility index (Phi) is 9.01. The molecule has 1 fully saturated rings. The van der Waals surface area contributed by atoms with E-state index in [9.17, 15) is 9.59 Å². The second-order valence-electron chi connectivity index (χ2n) is 9.35. The molecular formula is C30H36N2O5. The van der Waals surface area contributed by atoms with E-state index < -0.39 is 0 Å². The Balaban J connectivity index is 1.43. The Morgan fingerprint density at radius 3 is 2.68 bits per heavy atom. The molecule has 0 amide bonds. The summed E-state index contributed by atoms with van der Waals surface area (Å²) in [4.78, 5) is 25.5. The molecule has 0 unspecified atom stereocenters. The predicted molar refractivity (Wildman–Crippen MR) is 145 cm³/mol. The van der Waals surface area contributed by atoms with Gasteiger partial charge in [0.25, 0.3) is 0 Å². The minimum atomic E-state index is -0.350. The lowest BCUT2D eigenvalue weighted by Crippen LogP contribution is -2.34. The number of nitrogens with zero attached hydrogens (tertiary/aromatic N) is 1. The molecule has 1 N–H and O–H groups in total. The number of rotatable bonds is 11. The van der Waals surface area contributed by atoms with E-state index in [1.54, 1.807) is 6.92 Å². The third-order valence-electron chi connectivity index (χ3n) is 6.67. The monoisotopic (exact) mass is 504 g/mol. The van der Waals surface area contributed by atoms with Crippen LogP contribution in [0.4, 0.5) is 5.69 Å². The van der Waals surface area contributed by atoms with E-state index >= 15 is 0 Å². The predicted octanol–water partition coefficient (Wildman–Crippen LogP) is 4.82. The van der Waals surface area contributed by atoms with E-state index in [0.29, 0.717) is 18.4 Å². The summed E-state index contributed by atoms with van der Waals surface area (Å²) < 4.78 is 16.0. The van der Waals surface area contributed by atoms with Crippen LogP contribution in [-0.4, -0.2) is 50.9 Å². The first kappa shape index (κ1) is 26.5. The van der Waals surface area contributed by atoms with E-state index in [-0.39, 0.29) is 37.6 Å². The third-order valence-corrected chi connectivity index (χ3v) is 6.67. The number of benzene rings is 3. The SMILES string of the molecule is CCOC(=O)Cc1ccc(N2CC[C@H](N[C@H](C)c3cccc4ccccc34)C2)cc1OCCOC(C)=O. The van der Waals surface area contributed by atoms with Gasteiger partial charge in [0.15, 0.2) is 0 Å². The lowest BCUT2D eigenvalue weighted by molar-refractivity contribution is -0.142. The van der Waals surface area contributed by atoms with Crippen molar-refractivity contribution in [3.63, 3.8) is 0 Å². The van der Waals surface area contributed by atoms with Crippen molar-refractivity contribution < 1.29 is 23.8 Å². The topological polar surface area (TPSA) is 77.1 Å². The van der Waals surface area contributed by atoms with E-state index in [1.807, 2.05) is 18.2 Å². The fourth-order valence-corrected chi connectivity index (χ4v) is 4.93. The average molecular weight is 505 g/mol. The number of fused-ring (bicyclic) bond motifs is 1. The Labute approximate surface area is 218 Å². The van der Waals surface area contributed by atoms with Crippen molar-refractivity contribution in [1.82, 2.24) is 5.32 Å². The average Bonchev–Trinajstić information content (AvgIpc) is 3.35. The van der Waals surface area contributed by atoms with Gasteiger partial charge in [0, 0.05) is 49.4 Å². The summed E-state index contributed by atoms with van der Waals surface area (Å²) >= 11 is 0. The van der Waals surface area contributed by atoms with Crippen LogP contribution in [0.1, 0.15) is 44.4 Å². The molecule has 0 spiro atoms. The van der Waals surface area contributed by atoms with Crippen LogP contribution in [0.15, 0.2) is 60.7 Å². The molecule has 0 radical (unpaired) electrons. The van der Waals surface area contributed by atoms with E-state index in [1.165, 1.54) is 23.3 Å². The highest BCUT2D eigenvalue weighted by atomic mass is 16.6. The Bertz CT molecular complexity index is 1220. The zero-order valence-electron chi connectivity index (χ0n) is 21.9. The minimum Gasteiger partial charge on any atom is -0.490 e. The maximum atomic E-state index is 12.1. The molecular weight excluding hydrogens is 468 g/mol. The Hall–Kier alpha value is -3.58. The zero-order valence-corrected chi connectivity index (χ0v) is 21.9. The Morgan fingerprint density at radius 2 is 1.86 bits per heavy atom. The van der Waals surface area contributed by atoms with Crippen LogP contribution in [0.2, 0.25) is 0 Å². The van der Waals surface area contributed by atoms with Crippen molar-refractivity contribution in [3.8, 4) is 5.75 Å². The van der Waals surface area contributed by atoms with Crippen LogP contribution in [0.25, 0.3) is 10.8 Å². The fourth-order valence-electron chi connectivity index (χ4n) is 4.93. The van der Waals surface area contributed by atoms with Gasteiger partial charge in [0.1, 0.15) is 19.0 Å². The highest BCUT2D eigenvalue weighted by molar-refractivity contribution is 5.86. The lowest BCUT2D eigenvalue weighted by atomic mass is 9.99. The molecule has 1 aliphatic heterocycles. The largest absolute Gasteiger partial charge is 0.490 e. The molecule has 2 atom stereocenters. The van der Waals surface area contributed by atoms with Crippen molar-refractivity contribution in [2.45, 2.75) is 45.7 Å². The number of carbonyl (C=O) groups excluding carboxylic acids is 2. The van der Waals surface area contributed by atoms with Gasteiger partial charge < -0.3 is 24.4 Å². The molecule has 1 saturated heterocycles. The second-order valence-corrected chi connectivity index (χ2v) is 9.35. The molecule has 7 nitrogen and oxygen atoms in total. The van der Waals surface area contributed by atoms with Gasteiger partial charge in [-0.3, -0.25) is 9.59 Å². The normalized spacial score (nSPS) is 16.0. The number of hydrogen-bond acceptors (Lipinski definition) is 7. The zero-order chi connectivity index (χ0) is 26.2. The molecule has 1 heterocycles.